The molecule has 0 aliphatic carbocycles. The van der Waals surface area contributed by atoms with Crippen LogP contribution in [0.5, 0.6) is 5.75 Å². The third kappa shape index (κ3) is 3.71. The standard InChI is InChI=1S/C18H19FN2O4S/c1-25-15-8-10-16(11-9-15)26(23,24)21-12-2-3-17(21)18(22)20-14-6-4-13(19)5-7-14/h4-11,17H,2-3,12H2,1H3,(H,20,22)/t17-/m0/s1. The Kier molecular flexibility index (Phi) is 5.24. The Morgan fingerprint density at radius 2 is 1.81 bits per heavy atom. The summed E-state index contributed by atoms with van der Waals surface area (Å²) < 4.78 is 45.0. The SMILES string of the molecule is COc1ccc(S(=O)(=O)N2CCC[C@H]2C(=O)Nc2ccc(F)cc2)cc1. The monoisotopic (exact) mass is 378 g/mol. The summed E-state index contributed by atoms with van der Waals surface area (Å²) in [6.45, 7) is 0.274. The second-order valence-electron chi connectivity index (χ2n) is 5.95. The van der Waals surface area contributed by atoms with Crippen LogP contribution in [-0.4, -0.2) is 38.3 Å². The van der Waals surface area contributed by atoms with Gasteiger partial charge in [-0.3, -0.25) is 4.79 Å². The number of nitrogens with zero attached hydrogens (tertiary/aromatic N) is 1. The molecule has 1 fully saturated rings. The van der Waals surface area contributed by atoms with Crippen molar-refractivity contribution >= 4 is 21.6 Å². The molecule has 6 nitrogen and oxygen atoms in total. The number of ether oxygens (including phenoxy) is 1. The fourth-order valence-electron chi connectivity index (χ4n) is 2.93. The summed E-state index contributed by atoms with van der Waals surface area (Å²) in [5, 5.41) is 2.65. The van der Waals surface area contributed by atoms with Crippen LogP contribution in [0.25, 0.3) is 0 Å². The number of sulfonamides is 1. The van der Waals surface area contributed by atoms with E-state index in [1.165, 1.54) is 47.8 Å². The van der Waals surface area contributed by atoms with E-state index in [-0.39, 0.29) is 11.4 Å². The Labute approximate surface area is 151 Å². The van der Waals surface area contributed by atoms with E-state index in [2.05, 4.69) is 5.32 Å². The molecular weight excluding hydrogens is 359 g/mol. The van der Waals surface area contributed by atoms with E-state index < -0.39 is 27.8 Å². The first kappa shape index (κ1) is 18.3. The summed E-state index contributed by atoms with van der Waals surface area (Å²) in [7, 11) is -2.30. The fourth-order valence-corrected chi connectivity index (χ4v) is 4.59. The van der Waals surface area contributed by atoms with Gasteiger partial charge in [-0.05, 0) is 61.4 Å². The summed E-state index contributed by atoms with van der Waals surface area (Å²) in [6, 6.07) is 10.6. The van der Waals surface area contributed by atoms with Crippen LogP contribution in [0.1, 0.15) is 12.8 Å². The summed E-state index contributed by atoms with van der Waals surface area (Å²) >= 11 is 0. The molecule has 0 radical (unpaired) electrons. The number of amides is 1. The van der Waals surface area contributed by atoms with Crippen molar-refractivity contribution in [3.05, 3.63) is 54.3 Å². The first-order valence-electron chi connectivity index (χ1n) is 8.14. The maximum Gasteiger partial charge on any atom is 0.243 e. The minimum atomic E-state index is -3.80. The van der Waals surface area contributed by atoms with Crippen molar-refractivity contribution in [1.82, 2.24) is 4.31 Å². The molecule has 0 saturated carbocycles. The lowest BCUT2D eigenvalue weighted by Gasteiger charge is -2.23. The van der Waals surface area contributed by atoms with Crippen LogP contribution in [0.3, 0.4) is 0 Å². The van der Waals surface area contributed by atoms with Crippen molar-refractivity contribution in [3.8, 4) is 5.75 Å². The Balaban J connectivity index is 1.79. The number of anilines is 1. The number of rotatable bonds is 5. The van der Waals surface area contributed by atoms with Crippen molar-refractivity contribution in [2.45, 2.75) is 23.8 Å². The van der Waals surface area contributed by atoms with E-state index in [1.54, 1.807) is 12.1 Å². The third-order valence-electron chi connectivity index (χ3n) is 4.28. The van der Waals surface area contributed by atoms with Gasteiger partial charge in [0.1, 0.15) is 17.6 Å². The van der Waals surface area contributed by atoms with Crippen molar-refractivity contribution < 1.29 is 22.3 Å². The van der Waals surface area contributed by atoms with Gasteiger partial charge in [-0.25, -0.2) is 12.8 Å². The van der Waals surface area contributed by atoms with Crippen molar-refractivity contribution in [2.75, 3.05) is 19.0 Å². The molecular formula is C18H19FN2O4S. The molecule has 0 spiro atoms. The van der Waals surface area contributed by atoms with Crippen molar-refractivity contribution in [1.29, 1.82) is 0 Å². The molecule has 26 heavy (non-hydrogen) atoms. The van der Waals surface area contributed by atoms with Gasteiger partial charge in [0.15, 0.2) is 0 Å². The van der Waals surface area contributed by atoms with E-state index in [4.69, 9.17) is 4.74 Å². The minimum Gasteiger partial charge on any atom is -0.497 e. The highest BCUT2D eigenvalue weighted by molar-refractivity contribution is 7.89. The predicted molar refractivity (Wildman–Crippen MR) is 94.9 cm³/mol. The number of hydrogen-bond donors (Lipinski definition) is 1. The van der Waals surface area contributed by atoms with Crippen LogP contribution in [0, 0.1) is 5.82 Å². The van der Waals surface area contributed by atoms with Crippen LogP contribution < -0.4 is 10.1 Å². The highest BCUT2D eigenvalue weighted by Crippen LogP contribution is 2.28. The third-order valence-corrected chi connectivity index (χ3v) is 6.21. The van der Waals surface area contributed by atoms with Crippen molar-refractivity contribution in [3.63, 3.8) is 0 Å². The average Bonchev–Trinajstić information content (AvgIpc) is 3.14. The van der Waals surface area contributed by atoms with Gasteiger partial charge in [0.05, 0.1) is 12.0 Å². The van der Waals surface area contributed by atoms with Gasteiger partial charge in [-0.1, -0.05) is 0 Å². The number of carbonyl (C=O) groups excluding carboxylic acids is 1. The normalized spacial score (nSPS) is 17.8. The number of halogens is 1. The highest BCUT2D eigenvalue weighted by Gasteiger charge is 2.39. The average molecular weight is 378 g/mol. The zero-order valence-corrected chi connectivity index (χ0v) is 15.0. The van der Waals surface area contributed by atoms with E-state index in [0.717, 1.165) is 0 Å². The highest BCUT2D eigenvalue weighted by atomic mass is 32.2. The van der Waals surface area contributed by atoms with Crippen LogP contribution in [0.4, 0.5) is 10.1 Å². The molecule has 1 amide bonds. The molecule has 2 aromatic rings. The van der Waals surface area contributed by atoms with Crippen LogP contribution in [-0.2, 0) is 14.8 Å². The van der Waals surface area contributed by atoms with Gasteiger partial charge in [-0.15, -0.1) is 0 Å². The zero-order valence-electron chi connectivity index (χ0n) is 14.2. The number of benzene rings is 2. The minimum absolute atomic E-state index is 0.111. The number of carbonyl (C=O) groups is 1. The molecule has 3 rings (SSSR count). The van der Waals surface area contributed by atoms with Gasteiger partial charge in [-0.2, -0.15) is 4.31 Å². The maximum absolute atomic E-state index is 13.0. The molecule has 1 aliphatic rings. The predicted octanol–water partition coefficient (Wildman–Crippen LogP) is 2.63. The molecule has 0 unspecified atom stereocenters. The lowest BCUT2D eigenvalue weighted by molar-refractivity contribution is -0.119. The second-order valence-corrected chi connectivity index (χ2v) is 7.84. The first-order valence-corrected chi connectivity index (χ1v) is 9.58. The van der Waals surface area contributed by atoms with Gasteiger partial charge >= 0.3 is 0 Å². The van der Waals surface area contributed by atoms with E-state index in [0.29, 0.717) is 24.3 Å². The Hall–Kier alpha value is -2.45. The maximum atomic E-state index is 13.0. The van der Waals surface area contributed by atoms with E-state index >= 15 is 0 Å². The first-order chi connectivity index (χ1) is 12.4. The summed E-state index contributed by atoms with van der Waals surface area (Å²) in [5.74, 6) is -0.283. The molecule has 1 N–H and O–H groups in total. The van der Waals surface area contributed by atoms with E-state index in [1.807, 2.05) is 0 Å². The molecule has 1 atom stereocenters. The topological polar surface area (TPSA) is 75.7 Å². The Morgan fingerprint density at radius 1 is 1.15 bits per heavy atom. The van der Waals surface area contributed by atoms with E-state index in [9.17, 15) is 17.6 Å². The number of nitrogens with one attached hydrogen (secondary N) is 1. The summed E-state index contributed by atoms with van der Waals surface area (Å²) in [6.07, 6.45) is 1.03. The second kappa shape index (κ2) is 7.43. The largest absolute Gasteiger partial charge is 0.497 e. The van der Waals surface area contributed by atoms with Crippen LogP contribution in [0.15, 0.2) is 53.4 Å². The molecule has 1 aliphatic heterocycles. The fraction of sp³-hybridized carbons (Fsp3) is 0.278. The van der Waals surface area contributed by atoms with Gasteiger partial charge in [0, 0.05) is 12.2 Å². The zero-order chi connectivity index (χ0) is 18.7. The number of hydrogen-bond acceptors (Lipinski definition) is 4. The number of methoxy groups -OCH3 is 1. The molecule has 1 saturated heterocycles. The smallest absolute Gasteiger partial charge is 0.243 e. The molecule has 2 aromatic carbocycles. The molecule has 0 bridgehead atoms. The molecule has 1 heterocycles. The van der Waals surface area contributed by atoms with Gasteiger partial charge in [0.2, 0.25) is 15.9 Å². The molecule has 138 valence electrons. The van der Waals surface area contributed by atoms with Gasteiger partial charge in [0.25, 0.3) is 0 Å². The Morgan fingerprint density at radius 3 is 2.42 bits per heavy atom. The lowest BCUT2D eigenvalue weighted by atomic mass is 10.2. The summed E-state index contributed by atoms with van der Waals surface area (Å²) in [5.41, 5.74) is 0.421. The van der Waals surface area contributed by atoms with Crippen LogP contribution in [0.2, 0.25) is 0 Å². The lowest BCUT2D eigenvalue weighted by Crippen LogP contribution is -2.43. The quantitative estimate of drug-likeness (QED) is 0.868. The molecule has 8 heteroatoms. The van der Waals surface area contributed by atoms with Crippen molar-refractivity contribution in [2.24, 2.45) is 0 Å². The Bertz CT molecular complexity index is 882. The van der Waals surface area contributed by atoms with Crippen LogP contribution >= 0.6 is 0 Å². The van der Waals surface area contributed by atoms with Gasteiger partial charge < -0.3 is 10.1 Å². The molecule has 0 aromatic heterocycles. The summed E-state index contributed by atoms with van der Waals surface area (Å²) in [4.78, 5) is 12.7.